The summed E-state index contributed by atoms with van der Waals surface area (Å²) in [5.74, 6) is 1.36. The summed E-state index contributed by atoms with van der Waals surface area (Å²) in [6, 6.07) is 5.49. The number of hydrogen-bond donors (Lipinski definition) is 2. The number of benzene rings is 1. The average molecular weight is 203 g/mol. The molecule has 2 rings (SSSR count). The summed E-state index contributed by atoms with van der Waals surface area (Å²) in [7, 11) is 0. The Morgan fingerprint density at radius 2 is 2.07 bits per heavy atom. The Balaban J connectivity index is 2.38. The van der Waals surface area contributed by atoms with Gasteiger partial charge in [-0.3, -0.25) is 5.41 Å². The summed E-state index contributed by atoms with van der Waals surface area (Å²) >= 11 is 0. The molecule has 1 aromatic rings. The highest BCUT2D eigenvalue weighted by Crippen LogP contribution is 2.23. The van der Waals surface area contributed by atoms with Crippen LogP contribution in [0.15, 0.2) is 23.2 Å². The maximum Gasteiger partial charge on any atom is 0.155 e. The molecule has 0 aromatic heterocycles. The van der Waals surface area contributed by atoms with Crippen LogP contribution in [-0.4, -0.2) is 17.8 Å². The highest BCUT2D eigenvalue weighted by molar-refractivity contribution is 6.20. The van der Waals surface area contributed by atoms with Gasteiger partial charge in [0.15, 0.2) is 5.84 Å². The standard InChI is InChI=1S/C11H13N3O/c1-6(2)15-7-3-4-8-9(5-7)11(13)14-10(8)12/h3-6H,1-2H3,(H3,12,13,14). The van der Waals surface area contributed by atoms with Crippen molar-refractivity contribution in [2.45, 2.75) is 20.0 Å². The first-order valence-corrected chi connectivity index (χ1v) is 4.82. The van der Waals surface area contributed by atoms with Crippen molar-refractivity contribution in [1.29, 1.82) is 5.41 Å². The topological polar surface area (TPSA) is 71.5 Å². The molecule has 0 aliphatic carbocycles. The minimum atomic E-state index is 0.122. The molecule has 4 nitrogen and oxygen atoms in total. The van der Waals surface area contributed by atoms with Gasteiger partial charge in [-0.1, -0.05) is 0 Å². The van der Waals surface area contributed by atoms with E-state index in [1.165, 1.54) is 0 Å². The number of nitrogens with zero attached hydrogens (tertiary/aromatic N) is 1. The van der Waals surface area contributed by atoms with Crippen LogP contribution in [0, 0.1) is 5.41 Å². The second kappa shape index (κ2) is 3.38. The monoisotopic (exact) mass is 203 g/mol. The van der Waals surface area contributed by atoms with E-state index < -0.39 is 0 Å². The zero-order valence-corrected chi connectivity index (χ0v) is 8.74. The van der Waals surface area contributed by atoms with Gasteiger partial charge in [0.25, 0.3) is 0 Å². The van der Waals surface area contributed by atoms with Crippen molar-refractivity contribution in [3.8, 4) is 5.75 Å². The van der Waals surface area contributed by atoms with Gasteiger partial charge in [0, 0.05) is 11.1 Å². The van der Waals surface area contributed by atoms with Crippen LogP contribution in [-0.2, 0) is 0 Å². The lowest BCUT2D eigenvalue weighted by Gasteiger charge is -2.10. The maximum absolute atomic E-state index is 7.62. The van der Waals surface area contributed by atoms with Crippen molar-refractivity contribution in [2.75, 3.05) is 0 Å². The van der Waals surface area contributed by atoms with Gasteiger partial charge in [0.05, 0.1) is 6.10 Å². The molecule has 15 heavy (non-hydrogen) atoms. The number of amidine groups is 2. The average Bonchev–Trinajstić information content (AvgIpc) is 2.41. The fraction of sp³-hybridized carbons (Fsp3) is 0.273. The van der Waals surface area contributed by atoms with Crippen molar-refractivity contribution in [3.63, 3.8) is 0 Å². The number of aliphatic imine (C=N–C) groups is 1. The van der Waals surface area contributed by atoms with E-state index in [2.05, 4.69) is 4.99 Å². The molecule has 1 heterocycles. The minimum Gasteiger partial charge on any atom is -0.491 e. The molecule has 0 saturated carbocycles. The predicted molar refractivity (Wildman–Crippen MR) is 59.8 cm³/mol. The van der Waals surface area contributed by atoms with Crippen LogP contribution < -0.4 is 10.5 Å². The van der Waals surface area contributed by atoms with Crippen LogP contribution in [0.25, 0.3) is 0 Å². The fourth-order valence-electron chi connectivity index (χ4n) is 1.53. The lowest BCUT2D eigenvalue weighted by Crippen LogP contribution is -2.11. The van der Waals surface area contributed by atoms with Crippen LogP contribution >= 0.6 is 0 Å². The number of fused-ring (bicyclic) bond motifs is 1. The number of nitrogens with two attached hydrogens (primary N) is 1. The van der Waals surface area contributed by atoms with Gasteiger partial charge in [-0.2, -0.15) is 0 Å². The second-order valence-electron chi connectivity index (χ2n) is 3.72. The first-order valence-electron chi connectivity index (χ1n) is 4.82. The third kappa shape index (κ3) is 1.70. The van der Waals surface area contributed by atoms with Crippen LogP contribution in [0.1, 0.15) is 25.0 Å². The van der Waals surface area contributed by atoms with E-state index in [1.54, 1.807) is 6.07 Å². The third-order valence-corrected chi connectivity index (χ3v) is 2.13. The van der Waals surface area contributed by atoms with E-state index >= 15 is 0 Å². The van der Waals surface area contributed by atoms with Crippen molar-refractivity contribution < 1.29 is 4.74 Å². The molecule has 0 atom stereocenters. The molecule has 1 aliphatic rings. The van der Waals surface area contributed by atoms with Gasteiger partial charge >= 0.3 is 0 Å². The van der Waals surface area contributed by atoms with E-state index in [0.717, 1.165) is 16.9 Å². The van der Waals surface area contributed by atoms with Gasteiger partial charge in [0.1, 0.15) is 11.6 Å². The zero-order valence-electron chi connectivity index (χ0n) is 8.74. The highest BCUT2D eigenvalue weighted by Gasteiger charge is 2.18. The Bertz CT molecular complexity index is 449. The van der Waals surface area contributed by atoms with Crippen LogP contribution in [0.2, 0.25) is 0 Å². The molecule has 3 N–H and O–H groups in total. The number of hydrogen-bond acceptors (Lipinski definition) is 3. The number of ether oxygens (including phenoxy) is 1. The van der Waals surface area contributed by atoms with Gasteiger partial charge in [-0.25, -0.2) is 4.99 Å². The molecule has 0 spiro atoms. The first-order chi connectivity index (χ1) is 7.08. The molecule has 0 unspecified atom stereocenters. The fourth-order valence-corrected chi connectivity index (χ4v) is 1.53. The molecule has 0 amide bonds. The molecular formula is C11H13N3O. The molecule has 4 heteroatoms. The Hall–Kier alpha value is -1.84. The van der Waals surface area contributed by atoms with Crippen LogP contribution in [0.4, 0.5) is 0 Å². The molecule has 0 fully saturated rings. The van der Waals surface area contributed by atoms with Gasteiger partial charge in [-0.05, 0) is 32.0 Å². The van der Waals surface area contributed by atoms with Crippen molar-refractivity contribution in [2.24, 2.45) is 10.7 Å². The van der Waals surface area contributed by atoms with E-state index in [9.17, 15) is 0 Å². The SMILES string of the molecule is CC(C)Oc1ccc2c(c1)C(=N)N=C2N. The second-order valence-corrected chi connectivity index (χ2v) is 3.72. The Morgan fingerprint density at radius 3 is 2.73 bits per heavy atom. The molecule has 0 saturated heterocycles. The molecular weight excluding hydrogens is 190 g/mol. The van der Waals surface area contributed by atoms with Crippen LogP contribution in [0.3, 0.4) is 0 Å². The molecule has 0 bridgehead atoms. The van der Waals surface area contributed by atoms with Gasteiger partial charge in [-0.15, -0.1) is 0 Å². The first kappa shape index (κ1) is 9.71. The van der Waals surface area contributed by atoms with Crippen LogP contribution in [0.5, 0.6) is 5.75 Å². The third-order valence-electron chi connectivity index (χ3n) is 2.13. The summed E-state index contributed by atoms with van der Waals surface area (Å²) < 4.78 is 5.53. The van der Waals surface area contributed by atoms with Crippen molar-refractivity contribution >= 4 is 11.7 Å². The van der Waals surface area contributed by atoms with E-state index in [0.29, 0.717) is 5.84 Å². The molecule has 78 valence electrons. The lowest BCUT2D eigenvalue weighted by atomic mass is 10.1. The van der Waals surface area contributed by atoms with Gasteiger partial charge in [0.2, 0.25) is 0 Å². The molecule has 0 radical (unpaired) electrons. The summed E-state index contributed by atoms with van der Waals surface area (Å²) in [6.07, 6.45) is 0.122. The van der Waals surface area contributed by atoms with Crippen molar-refractivity contribution in [1.82, 2.24) is 0 Å². The van der Waals surface area contributed by atoms with E-state index in [-0.39, 0.29) is 11.9 Å². The molecule has 1 aromatic carbocycles. The summed E-state index contributed by atoms with van der Waals surface area (Å²) in [6.45, 7) is 3.92. The predicted octanol–water partition coefficient (Wildman–Crippen LogP) is 1.52. The summed E-state index contributed by atoms with van der Waals surface area (Å²) in [5, 5.41) is 7.62. The smallest absolute Gasteiger partial charge is 0.155 e. The number of nitrogens with one attached hydrogen (secondary N) is 1. The van der Waals surface area contributed by atoms with E-state index in [1.807, 2.05) is 26.0 Å². The molecule has 1 aliphatic heterocycles. The highest BCUT2D eigenvalue weighted by atomic mass is 16.5. The van der Waals surface area contributed by atoms with Gasteiger partial charge < -0.3 is 10.5 Å². The van der Waals surface area contributed by atoms with E-state index in [4.69, 9.17) is 15.9 Å². The maximum atomic E-state index is 7.62. The Kier molecular flexibility index (Phi) is 2.19. The van der Waals surface area contributed by atoms with Crippen molar-refractivity contribution in [3.05, 3.63) is 29.3 Å². The normalized spacial score (nSPS) is 14.1. The lowest BCUT2D eigenvalue weighted by molar-refractivity contribution is 0.242. The number of rotatable bonds is 2. The largest absolute Gasteiger partial charge is 0.491 e. The summed E-state index contributed by atoms with van der Waals surface area (Å²) in [4.78, 5) is 3.90. The zero-order chi connectivity index (χ0) is 11.0. The minimum absolute atomic E-state index is 0.122. The Morgan fingerprint density at radius 1 is 1.33 bits per heavy atom. The quantitative estimate of drug-likeness (QED) is 0.764. The Labute approximate surface area is 88.3 Å². The summed E-state index contributed by atoms with van der Waals surface area (Å²) in [5.41, 5.74) is 7.21.